The number of aromatic nitrogens is 1. The van der Waals surface area contributed by atoms with Crippen molar-refractivity contribution < 1.29 is 22.7 Å². The fraction of sp³-hybridized carbons (Fsp3) is 0.462. The summed E-state index contributed by atoms with van der Waals surface area (Å²) >= 11 is 1.47. The number of hydrogen-bond acceptors (Lipinski definition) is 8. The van der Waals surface area contributed by atoms with Crippen molar-refractivity contribution in [1.29, 1.82) is 0 Å². The van der Waals surface area contributed by atoms with Crippen molar-refractivity contribution in [2.24, 2.45) is 0 Å². The van der Waals surface area contributed by atoms with E-state index in [9.17, 15) is 13.2 Å². The second kappa shape index (κ2) is 11.7. The van der Waals surface area contributed by atoms with Crippen molar-refractivity contribution in [3.63, 3.8) is 0 Å². The molecule has 0 N–H and O–H groups in total. The third-order valence-electron chi connectivity index (χ3n) is 6.57. The molecule has 2 heterocycles. The summed E-state index contributed by atoms with van der Waals surface area (Å²) in [6.45, 7) is 8.62. The lowest BCUT2D eigenvalue weighted by Gasteiger charge is -2.27. The fourth-order valence-electron chi connectivity index (χ4n) is 4.19. The normalized spacial score (nSPS) is 14.8. The number of fused-ring (bicyclic) bond motifs is 1. The van der Waals surface area contributed by atoms with Crippen LogP contribution in [0.1, 0.15) is 24.0 Å². The van der Waals surface area contributed by atoms with Crippen LogP contribution in [-0.2, 0) is 19.4 Å². The number of morpholine rings is 1. The summed E-state index contributed by atoms with van der Waals surface area (Å²) in [5.74, 6) is 0.0848. The van der Waals surface area contributed by atoms with Crippen molar-refractivity contribution in [2.75, 3.05) is 57.2 Å². The molecule has 1 amide bonds. The Morgan fingerprint density at radius 2 is 1.86 bits per heavy atom. The summed E-state index contributed by atoms with van der Waals surface area (Å²) in [5, 5.41) is 0.618. The van der Waals surface area contributed by atoms with Gasteiger partial charge in [0.25, 0.3) is 0 Å². The molecule has 0 radical (unpaired) electrons. The van der Waals surface area contributed by atoms with Gasteiger partial charge in [0.05, 0.1) is 41.2 Å². The van der Waals surface area contributed by atoms with E-state index in [0.29, 0.717) is 17.4 Å². The van der Waals surface area contributed by atoms with Crippen molar-refractivity contribution >= 4 is 42.4 Å². The maximum absolute atomic E-state index is 13.4. The third-order valence-corrected chi connectivity index (χ3v) is 9.34. The Kier molecular flexibility index (Phi) is 8.61. The van der Waals surface area contributed by atoms with Gasteiger partial charge in [-0.2, -0.15) is 0 Å². The zero-order valence-electron chi connectivity index (χ0n) is 21.0. The Labute approximate surface area is 216 Å². The SMILES string of the molecule is COc1ccc(S(=O)(=O)CCC(=O)N(CCCN2CCOCC2)c2nc3c(C)c(C)ccc3s2)cc1. The summed E-state index contributed by atoms with van der Waals surface area (Å²) < 4.78 is 37.3. The molecule has 194 valence electrons. The van der Waals surface area contributed by atoms with Gasteiger partial charge in [0, 0.05) is 32.6 Å². The predicted molar refractivity (Wildman–Crippen MR) is 143 cm³/mol. The first-order chi connectivity index (χ1) is 17.3. The second-order valence-corrected chi connectivity index (χ2v) is 12.1. The average Bonchev–Trinajstić information content (AvgIpc) is 3.33. The number of carbonyl (C=O) groups excluding carboxylic acids is 1. The average molecular weight is 532 g/mol. The molecular formula is C26H33N3O5S2. The zero-order chi connectivity index (χ0) is 25.7. The Balaban J connectivity index is 1.50. The molecule has 4 rings (SSSR count). The topological polar surface area (TPSA) is 89.0 Å². The van der Waals surface area contributed by atoms with Crippen LogP contribution in [0.25, 0.3) is 10.2 Å². The molecule has 0 atom stereocenters. The maximum Gasteiger partial charge on any atom is 0.229 e. The van der Waals surface area contributed by atoms with Crippen LogP contribution in [0.15, 0.2) is 41.3 Å². The van der Waals surface area contributed by atoms with E-state index >= 15 is 0 Å². The van der Waals surface area contributed by atoms with Gasteiger partial charge in [-0.1, -0.05) is 17.4 Å². The highest BCUT2D eigenvalue weighted by Crippen LogP contribution is 2.32. The Hall–Kier alpha value is -2.53. The van der Waals surface area contributed by atoms with Gasteiger partial charge < -0.3 is 9.47 Å². The first-order valence-electron chi connectivity index (χ1n) is 12.1. The second-order valence-electron chi connectivity index (χ2n) is 8.95. The summed E-state index contributed by atoms with van der Waals surface area (Å²) in [6, 6.07) is 10.3. The lowest BCUT2D eigenvalue weighted by atomic mass is 10.1. The number of hydrogen-bond donors (Lipinski definition) is 0. The lowest BCUT2D eigenvalue weighted by molar-refractivity contribution is -0.118. The number of sulfone groups is 1. The van der Waals surface area contributed by atoms with Gasteiger partial charge >= 0.3 is 0 Å². The van der Waals surface area contributed by atoms with E-state index in [1.54, 1.807) is 17.0 Å². The minimum absolute atomic E-state index is 0.111. The molecule has 0 bridgehead atoms. The molecule has 1 aliphatic heterocycles. The molecule has 3 aromatic rings. The number of ether oxygens (including phenoxy) is 2. The molecule has 8 nitrogen and oxygen atoms in total. The fourth-order valence-corrected chi connectivity index (χ4v) is 6.49. The van der Waals surface area contributed by atoms with Crippen LogP contribution < -0.4 is 9.64 Å². The highest BCUT2D eigenvalue weighted by atomic mass is 32.2. The summed E-state index contributed by atoms with van der Waals surface area (Å²) in [7, 11) is -2.08. The van der Waals surface area contributed by atoms with Crippen molar-refractivity contribution in [3.8, 4) is 5.75 Å². The highest BCUT2D eigenvalue weighted by molar-refractivity contribution is 7.91. The lowest BCUT2D eigenvalue weighted by Crippen LogP contribution is -2.39. The van der Waals surface area contributed by atoms with Crippen molar-refractivity contribution in [2.45, 2.75) is 31.6 Å². The minimum Gasteiger partial charge on any atom is -0.497 e. The van der Waals surface area contributed by atoms with E-state index < -0.39 is 9.84 Å². The molecule has 2 aromatic carbocycles. The van der Waals surface area contributed by atoms with E-state index in [0.717, 1.165) is 60.6 Å². The van der Waals surface area contributed by atoms with E-state index in [-0.39, 0.29) is 23.0 Å². The van der Waals surface area contributed by atoms with Gasteiger partial charge in [0.15, 0.2) is 15.0 Å². The van der Waals surface area contributed by atoms with E-state index in [1.165, 1.54) is 30.6 Å². The van der Waals surface area contributed by atoms with Gasteiger partial charge in [-0.25, -0.2) is 13.4 Å². The first kappa shape index (κ1) is 26.5. The van der Waals surface area contributed by atoms with E-state index in [1.807, 2.05) is 19.9 Å². The number of methoxy groups -OCH3 is 1. The van der Waals surface area contributed by atoms with Crippen LogP contribution in [0.4, 0.5) is 5.13 Å². The summed E-state index contributed by atoms with van der Waals surface area (Å²) in [6.07, 6.45) is 0.657. The van der Waals surface area contributed by atoms with E-state index in [2.05, 4.69) is 11.0 Å². The first-order valence-corrected chi connectivity index (χ1v) is 14.6. The molecule has 0 spiro atoms. The largest absolute Gasteiger partial charge is 0.497 e. The molecule has 1 fully saturated rings. The van der Waals surface area contributed by atoms with Crippen molar-refractivity contribution in [1.82, 2.24) is 9.88 Å². The molecule has 0 unspecified atom stereocenters. The maximum atomic E-state index is 13.4. The van der Waals surface area contributed by atoms with Crippen LogP contribution in [0.2, 0.25) is 0 Å². The molecular weight excluding hydrogens is 498 g/mol. The molecule has 1 aliphatic rings. The van der Waals surface area contributed by atoms with E-state index in [4.69, 9.17) is 14.5 Å². The van der Waals surface area contributed by atoms with Gasteiger partial charge in [-0.3, -0.25) is 14.6 Å². The quantitative estimate of drug-likeness (QED) is 0.393. The smallest absolute Gasteiger partial charge is 0.229 e. The van der Waals surface area contributed by atoms with Gasteiger partial charge in [-0.05, 0) is 61.7 Å². The van der Waals surface area contributed by atoms with Crippen LogP contribution in [0.3, 0.4) is 0 Å². The number of amides is 1. The predicted octanol–water partition coefficient (Wildman–Crippen LogP) is 3.84. The number of anilines is 1. The summed E-state index contributed by atoms with van der Waals surface area (Å²) in [4.78, 5) is 22.4. The molecule has 36 heavy (non-hydrogen) atoms. The monoisotopic (exact) mass is 531 g/mol. The van der Waals surface area contributed by atoms with Gasteiger partial charge in [0.1, 0.15) is 5.75 Å². The van der Waals surface area contributed by atoms with Crippen molar-refractivity contribution in [3.05, 3.63) is 47.5 Å². The minimum atomic E-state index is -3.61. The standard InChI is InChI=1S/C26H33N3O5S2/c1-19-5-10-23-25(20(19)2)27-26(35-23)29(13-4-12-28-14-16-34-17-15-28)24(30)11-18-36(31,32)22-8-6-21(33-3)7-9-22/h5-10H,4,11-18H2,1-3H3. The number of benzene rings is 2. The number of aryl methyl sites for hydroxylation is 2. The Morgan fingerprint density at radius 3 is 2.56 bits per heavy atom. The Morgan fingerprint density at radius 1 is 1.14 bits per heavy atom. The van der Waals surface area contributed by atoms with Crippen LogP contribution >= 0.6 is 11.3 Å². The third kappa shape index (κ3) is 6.23. The molecule has 0 saturated carbocycles. The van der Waals surface area contributed by atoms with Gasteiger partial charge in [0.2, 0.25) is 5.91 Å². The van der Waals surface area contributed by atoms with Gasteiger partial charge in [-0.15, -0.1) is 0 Å². The number of carbonyl (C=O) groups is 1. The van der Waals surface area contributed by atoms with Crippen LogP contribution in [0.5, 0.6) is 5.75 Å². The number of thiazole rings is 1. The highest BCUT2D eigenvalue weighted by Gasteiger charge is 2.24. The Bertz CT molecular complexity index is 1300. The molecule has 0 aliphatic carbocycles. The molecule has 1 aromatic heterocycles. The molecule has 10 heteroatoms. The van der Waals surface area contributed by atoms with Crippen LogP contribution in [0, 0.1) is 13.8 Å². The summed E-state index contributed by atoms with van der Waals surface area (Å²) in [5.41, 5.74) is 3.14. The molecule has 1 saturated heterocycles. The van der Waals surface area contributed by atoms with Crippen LogP contribution in [-0.4, -0.2) is 76.5 Å². The number of nitrogens with zero attached hydrogens (tertiary/aromatic N) is 3. The number of rotatable bonds is 10. The zero-order valence-corrected chi connectivity index (χ0v) is 22.7.